The Morgan fingerprint density at radius 1 is 1.11 bits per heavy atom. The van der Waals surface area contributed by atoms with E-state index >= 15 is 0 Å². The molecule has 0 radical (unpaired) electrons. The molecule has 136 valence electrons. The van der Waals surface area contributed by atoms with Crippen LogP contribution in [0.3, 0.4) is 0 Å². The third-order valence-corrected chi connectivity index (χ3v) is 5.39. The minimum absolute atomic E-state index is 0.107. The highest BCUT2D eigenvalue weighted by molar-refractivity contribution is 7.13. The van der Waals surface area contributed by atoms with Crippen molar-refractivity contribution in [1.82, 2.24) is 4.98 Å². The van der Waals surface area contributed by atoms with Crippen molar-refractivity contribution < 1.29 is 9.59 Å². The van der Waals surface area contributed by atoms with E-state index in [4.69, 9.17) is 0 Å². The van der Waals surface area contributed by atoms with E-state index in [0.717, 1.165) is 34.9 Å². The Kier molecular flexibility index (Phi) is 4.98. The topological polar surface area (TPSA) is 62.3 Å². The van der Waals surface area contributed by atoms with Crippen molar-refractivity contribution in [3.8, 4) is 10.6 Å². The average Bonchev–Trinajstić information content (AvgIpc) is 3.32. The van der Waals surface area contributed by atoms with Gasteiger partial charge in [0.2, 0.25) is 11.8 Å². The molecule has 2 heterocycles. The lowest BCUT2D eigenvalue weighted by molar-refractivity contribution is -0.117. The van der Waals surface area contributed by atoms with Gasteiger partial charge in [0.15, 0.2) is 0 Å². The van der Waals surface area contributed by atoms with Crippen LogP contribution in [0.25, 0.3) is 10.6 Å². The number of nitrogens with zero attached hydrogens (tertiary/aromatic N) is 2. The Morgan fingerprint density at radius 2 is 1.89 bits per heavy atom. The first-order valence-electron chi connectivity index (χ1n) is 8.89. The SMILES string of the molecule is O=C(Cc1csc(-c2ccccc2)n1)Nc1ccc(N2CCCC2=O)cc1. The zero-order valence-electron chi connectivity index (χ0n) is 14.7. The summed E-state index contributed by atoms with van der Waals surface area (Å²) >= 11 is 1.54. The minimum atomic E-state index is -0.107. The molecule has 0 atom stereocenters. The largest absolute Gasteiger partial charge is 0.326 e. The lowest BCUT2D eigenvalue weighted by atomic mass is 10.2. The Labute approximate surface area is 161 Å². The fraction of sp³-hybridized carbons (Fsp3) is 0.190. The molecular formula is C21H19N3O2S. The van der Waals surface area contributed by atoms with Crippen LogP contribution in [-0.2, 0) is 16.0 Å². The molecule has 4 rings (SSSR count). The van der Waals surface area contributed by atoms with E-state index in [2.05, 4.69) is 10.3 Å². The first-order valence-corrected chi connectivity index (χ1v) is 9.77. The van der Waals surface area contributed by atoms with Gasteiger partial charge in [-0.25, -0.2) is 4.98 Å². The maximum absolute atomic E-state index is 12.3. The maximum Gasteiger partial charge on any atom is 0.230 e. The third-order valence-electron chi connectivity index (χ3n) is 4.45. The van der Waals surface area contributed by atoms with Crippen LogP contribution in [0, 0.1) is 0 Å². The van der Waals surface area contributed by atoms with Gasteiger partial charge in [-0.3, -0.25) is 9.59 Å². The number of anilines is 2. The van der Waals surface area contributed by atoms with Crippen molar-refractivity contribution in [2.45, 2.75) is 19.3 Å². The molecule has 1 fully saturated rings. The monoisotopic (exact) mass is 377 g/mol. The van der Waals surface area contributed by atoms with Crippen molar-refractivity contribution in [2.24, 2.45) is 0 Å². The van der Waals surface area contributed by atoms with Gasteiger partial charge in [-0.05, 0) is 30.7 Å². The summed E-state index contributed by atoms with van der Waals surface area (Å²) in [5, 5.41) is 5.73. The van der Waals surface area contributed by atoms with E-state index in [9.17, 15) is 9.59 Å². The van der Waals surface area contributed by atoms with Gasteiger partial charge < -0.3 is 10.2 Å². The van der Waals surface area contributed by atoms with Crippen molar-refractivity contribution in [3.63, 3.8) is 0 Å². The fourth-order valence-electron chi connectivity index (χ4n) is 3.12. The van der Waals surface area contributed by atoms with E-state index in [-0.39, 0.29) is 18.2 Å². The number of hydrogen-bond acceptors (Lipinski definition) is 4. The normalized spacial score (nSPS) is 13.8. The number of thiazole rings is 1. The number of benzene rings is 2. The van der Waals surface area contributed by atoms with Gasteiger partial charge >= 0.3 is 0 Å². The maximum atomic E-state index is 12.3. The molecule has 1 N–H and O–H groups in total. The van der Waals surface area contributed by atoms with E-state index in [1.54, 1.807) is 4.90 Å². The van der Waals surface area contributed by atoms with Gasteiger partial charge in [0.1, 0.15) is 5.01 Å². The minimum Gasteiger partial charge on any atom is -0.326 e. The Hall–Kier alpha value is -2.99. The van der Waals surface area contributed by atoms with Crippen LogP contribution in [0.5, 0.6) is 0 Å². The second-order valence-electron chi connectivity index (χ2n) is 6.43. The molecule has 1 aliphatic heterocycles. The van der Waals surface area contributed by atoms with Gasteiger partial charge in [0, 0.05) is 35.3 Å². The van der Waals surface area contributed by atoms with Crippen LogP contribution in [0.2, 0.25) is 0 Å². The predicted octanol–water partition coefficient (Wildman–Crippen LogP) is 4.12. The van der Waals surface area contributed by atoms with Crippen molar-refractivity contribution in [2.75, 3.05) is 16.8 Å². The molecule has 0 bridgehead atoms. The van der Waals surface area contributed by atoms with Gasteiger partial charge in [-0.15, -0.1) is 11.3 Å². The van der Waals surface area contributed by atoms with Crippen molar-refractivity contribution >= 4 is 34.5 Å². The van der Waals surface area contributed by atoms with Gasteiger partial charge in [-0.1, -0.05) is 30.3 Å². The second kappa shape index (κ2) is 7.72. The van der Waals surface area contributed by atoms with Crippen LogP contribution >= 0.6 is 11.3 Å². The standard InChI is InChI=1S/C21H19N3O2S/c25-19(13-17-14-27-21(23-17)15-5-2-1-3-6-15)22-16-8-10-18(11-9-16)24-12-4-7-20(24)26/h1-3,5-6,8-11,14H,4,7,12-13H2,(H,22,25). The first kappa shape index (κ1) is 17.4. The van der Waals surface area contributed by atoms with Crippen molar-refractivity contribution in [3.05, 3.63) is 65.7 Å². The van der Waals surface area contributed by atoms with Crippen LogP contribution in [0.4, 0.5) is 11.4 Å². The van der Waals surface area contributed by atoms with Crippen LogP contribution in [0.1, 0.15) is 18.5 Å². The summed E-state index contributed by atoms with van der Waals surface area (Å²) in [7, 11) is 0. The molecule has 6 heteroatoms. The second-order valence-corrected chi connectivity index (χ2v) is 7.29. The van der Waals surface area contributed by atoms with Crippen LogP contribution < -0.4 is 10.2 Å². The summed E-state index contributed by atoms with van der Waals surface area (Å²) in [4.78, 5) is 30.4. The lowest BCUT2D eigenvalue weighted by Gasteiger charge is -2.16. The van der Waals surface area contributed by atoms with Gasteiger partial charge in [0.05, 0.1) is 12.1 Å². The highest BCUT2D eigenvalue weighted by Crippen LogP contribution is 2.25. The molecule has 0 saturated carbocycles. The van der Waals surface area contributed by atoms with Gasteiger partial charge in [-0.2, -0.15) is 0 Å². The number of amides is 2. The molecule has 5 nitrogen and oxygen atoms in total. The van der Waals surface area contributed by atoms with E-state index in [1.165, 1.54) is 11.3 Å². The highest BCUT2D eigenvalue weighted by Gasteiger charge is 2.21. The number of rotatable bonds is 5. The molecule has 2 aromatic carbocycles. The molecule has 0 aliphatic carbocycles. The molecule has 27 heavy (non-hydrogen) atoms. The number of nitrogens with one attached hydrogen (secondary N) is 1. The Bertz CT molecular complexity index is 951. The summed E-state index contributed by atoms with van der Waals surface area (Å²) in [5.74, 6) is 0.0504. The van der Waals surface area contributed by atoms with Crippen LogP contribution in [0.15, 0.2) is 60.0 Å². The molecule has 1 aliphatic rings. The zero-order valence-corrected chi connectivity index (χ0v) is 15.5. The zero-order chi connectivity index (χ0) is 18.6. The van der Waals surface area contributed by atoms with Crippen molar-refractivity contribution in [1.29, 1.82) is 0 Å². The first-order chi connectivity index (χ1) is 13.2. The number of carbonyl (C=O) groups excluding carboxylic acids is 2. The van der Waals surface area contributed by atoms with E-state index in [1.807, 2.05) is 60.0 Å². The predicted molar refractivity (Wildman–Crippen MR) is 108 cm³/mol. The third kappa shape index (κ3) is 4.06. The average molecular weight is 377 g/mol. The Balaban J connectivity index is 1.37. The summed E-state index contributed by atoms with van der Waals surface area (Å²) in [6, 6.07) is 17.3. The molecule has 0 spiro atoms. The Morgan fingerprint density at radius 3 is 2.59 bits per heavy atom. The molecule has 3 aromatic rings. The number of aromatic nitrogens is 1. The van der Waals surface area contributed by atoms with E-state index in [0.29, 0.717) is 12.1 Å². The number of hydrogen-bond donors (Lipinski definition) is 1. The summed E-state index contributed by atoms with van der Waals surface area (Å²) in [5.41, 5.74) is 3.41. The van der Waals surface area contributed by atoms with E-state index < -0.39 is 0 Å². The summed E-state index contributed by atoms with van der Waals surface area (Å²) in [6.45, 7) is 0.762. The fourth-order valence-corrected chi connectivity index (χ4v) is 3.94. The number of carbonyl (C=O) groups is 2. The molecular weight excluding hydrogens is 358 g/mol. The molecule has 1 saturated heterocycles. The lowest BCUT2D eigenvalue weighted by Crippen LogP contribution is -2.23. The highest BCUT2D eigenvalue weighted by atomic mass is 32.1. The quantitative estimate of drug-likeness (QED) is 0.728. The smallest absolute Gasteiger partial charge is 0.230 e. The molecule has 2 amide bonds. The molecule has 0 unspecified atom stereocenters. The van der Waals surface area contributed by atoms with Gasteiger partial charge in [0.25, 0.3) is 0 Å². The summed E-state index contributed by atoms with van der Waals surface area (Å²) < 4.78 is 0. The summed E-state index contributed by atoms with van der Waals surface area (Å²) in [6.07, 6.45) is 1.74. The molecule has 1 aromatic heterocycles. The van der Waals surface area contributed by atoms with Crippen LogP contribution in [-0.4, -0.2) is 23.3 Å².